The summed E-state index contributed by atoms with van der Waals surface area (Å²) in [7, 11) is 0. The Morgan fingerprint density at radius 1 is 1.19 bits per heavy atom. The van der Waals surface area contributed by atoms with E-state index in [0.29, 0.717) is 18.0 Å². The largest absolute Gasteiger partial charge is 0.481 e. The van der Waals surface area contributed by atoms with Gasteiger partial charge in [0.05, 0.1) is 22.1 Å². The first-order chi connectivity index (χ1) is 10.1. The number of fused-ring (bicyclic) bond motifs is 1. The number of carboxylic acids is 1. The van der Waals surface area contributed by atoms with Crippen molar-refractivity contribution < 1.29 is 14.7 Å². The maximum absolute atomic E-state index is 12.4. The van der Waals surface area contributed by atoms with Gasteiger partial charge in [0.25, 0.3) is 0 Å². The minimum absolute atomic E-state index is 0.221. The average Bonchev–Trinajstić information content (AvgIpc) is 2.89. The lowest BCUT2D eigenvalue weighted by Crippen LogP contribution is -2.36. The van der Waals surface area contributed by atoms with Gasteiger partial charge in [-0.1, -0.05) is 36.3 Å². The predicted molar refractivity (Wildman–Crippen MR) is 81.3 cm³/mol. The van der Waals surface area contributed by atoms with Crippen molar-refractivity contribution >= 4 is 38.6 Å². The van der Waals surface area contributed by atoms with Gasteiger partial charge in [-0.2, -0.15) is 0 Å². The standard InChI is InChI=1S/C15H16N2O3S/c18-13(9-5-1-2-6-10(9)14(19)20)17-15-16-11-7-3-4-8-12(11)21-15/h3-4,7-10H,1-2,5-6H2,(H,19,20)(H,16,17,18)/t9-,10+/m1/s1. The molecular weight excluding hydrogens is 288 g/mol. The highest BCUT2D eigenvalue weighted by Gasteiger charge is 2.35. The minimum atomic E-state index is -0.876. The van der Waals surface area contributed by atoms with Crippen LogP contribution in [-0.4, -0.2) is 22.0 Å². The number of para-hydroxylation sites is 1. The molecule has 1 amide bonds. The molecule has 2 aromatic rings. The molecule has 1 heterocycles. The van der Waals surface area contributed by atoms with Crippen molar-refractivity contribution in [1.29, 1.82) is 0 Å². The van der Waals surface area contributed by atoms with Gasteiger partial charge in [-0.25, -0.2) is 4.98 Å². The fourth-order valence-corrected chi connectivity index (χ4v) is 3.73. The molecule has 1 aromatic carbocycles. The molecule has 1 aliphatic carbocycles. The number of nitrogens with one attached hydrogen (secondary N) is 1. The summed E-state index contributed by atoms with van der Waals surface area (Å²) < 4.78 is 1.01. The number of carboxylic acid groups (broad SMARTS) is 1. The van der Waals surface area contributed by atoms with Crippen LogP contribution in [0.15, 0.2) is 24.3 Å². The Morgan fingerprint density at radius 3 is 2.62 bits per heavy atom. The summed E-state index contributed by atoms with van der Waals surface area (Å²) >= 11 is 1.41. The second kappa shape index (κ2) is 5.81. The molecule has 0 aliphatic heterocycles. The van der Waals surface area contributed by atoms with Crippen molar-refractivity contribution in [2.24, 2.45) is 11.8 Å². The van der Waals surface area contributed by atoms with E-state index >= 15 is 0 Å². The Morgan fingerprint density at radius 2 is 1.90 bits per heavy atom. The Balaban J connectivity index is 1.76. The zero-order valence-corrected chi connectivity index (χ0v) is 12.2. The van der Waals surface area contributed by atoms with Gasteiger partial charge < -0.3 is 10.4 Å². The Hall–Kier alpha value is -1.95. The van der Waals surface area contributed by atoms with Gasteiger partial charge in [0.1, 0.15) is 0 Å². The molecular formula is C15H16N2O3S. The molecule has 21 heavy (non-hydrogen) atoms. The maximum Gasteiger partial charge on any atom is 0.307 e. The van der Waals surface area contributed by atoms with E-state index in [9.17, 15) is 14.7 Å². The number of nitrogens with zero attached hydrogens (tertiary/aromatic N) is 1. The first-order valence-corrected chi connectivity index (χ1v) is 7.86. The number of aromatic nitrogens is 1. The van der Waals surface area contributed by atoms with Crippen molar-refractivity contribution in [2.75, 3.05) is 5.32 Å². The topological polar surface area (TPSA) is 79.3 Å². The zero-order chi connectivity index (χ0) is 14.8. The fraction of sp³-hybridized carbons (Fsp3) is 0.400. The van der Waals surface area contributed by atoms with Crippen LogP contribution in [0.2, 0.25) is 0 Å². The maximum atomic E-state index is 12.4. The van der Waals surface area contributed by atoms with Crippen LogP contribution in [0.4, 0.5) is 5.13 Å². The molecule has 2 N–H and O–H groups in total. The summed E-state index contributed by atoms with van der Waals surface area (Å²) in [6.07, 6.45) is 2.99. The Bertz CT molecular complexity index is 649. The number of rotatable bonds is 3. The smallest absolute Gasteiger partial charge is 0.307 e. The van der Waals surface area contributed by atoms with Crippen molar-refractivity contribution in [1.82, 2.24) is 4.98 Å². The van der Waals surface area contributed by atoms with Crippen molar-refractivity contribution in [3.05, 3.63) is 24.3 Å². The average molecular weight is 304 g/mol. The normalized spacial score (nSPS) is 22.1. The van der Waals surface area contributed by atoms with E-state index in [1.54, 1.807) is 0 Å². The van der Waals surface area contributed by atoms with E-state index in [1.807, 2.05) is 24.3 Å². The van der Waals surface area contributed by atoms with E-state index in [-0.39, 0.29) is 5.91 Å². The molecule has 1 saturated carbocycles. The van der Waals surface area contributed by atoms with Gasteiger partial charge in [-0.05, 0) is 25.0 Å². The molecule has 3 rings (SSSR count). The summed E-state index contributed by atoms with van der Waals surface area (Å²) in [4.78, 5) is 28.0. The monoisotopic (exact) mass is 304 g/mol. The van der Waals surface area contributed by atoms with Crippen LogP contribution in [0.1, 0.15) is 25.7 Å². The number of aliphatic carboxylic acids is 1. The van der Waals surface area contributed by atoms with Crippen LogP contribution in [0, 0.1) is 11.8 Å². The molecule has 0 bridgehead atoms. The summed E-state index contributed by atoms with van der Waals surface area (Å²) in [6, 6.07) is 7.66. The highest BCUT2D eigenvalue weighted by molar-refractivity contribution is 7.22. The molecule has 0 unspecified atom stereocenters. The third-order valence-corrected chi connectivity index (χ3v) is 4.90. The lowest BCUT2D eigenvalue weighted by atomic mass is 9.79. The van der Waals surface area contributed by atoms with E-state index in [2.05, 4.69) is 10.3 Å². The first kappa shape index (κ1) is 14.0. The number of thiazole rings is 1. The van der Waals surface area contributed by atoms with E-state index < -0.39 is 17.8 Å². The second-order valence-electron chi connectivity index (χ2n) is 5.31. The highest BCUT2D eigenvalue weighted by atomic mass is 32.1. The molecule has 1 aliphatic rings. The third kappa shape index (κ3) is 2.90. The Kier molecular flexibility index (Phi) is 3.88. The SMILES string of the molecule is O=C(O)[C@H]1CCCC[C@H]1C(=O)Nc1nc2ccccc2s1. The number of hydrogen-bond acceptors (Lipinski definition) is 4. The van der Waals surface area contributed by atoms with Crippen molar-refractivity contribution in [2.45, 2.75) is 25.7 Å². The molecule has 0 saturated heterocycles. The first-order valence-electron chi connectivity index (χ1n) is 7.04. The molecule has 0 radical (unpaired) electrons. The fourth-order valence-electron chi connectivity index (χ4n) is 2.86. The van der Waals surface area contributed by atoms with Crippen LogP contribution < -0.4 is 5.32 Å². The molecule has 110 valence electrons. The molecule has 1 fully saturated rings. The van der Waals surface area contributed by atoms with Crippen LogP contribution in [-0.2, 0) is 9.59 Å². The van der Waals surface area contributed by atoms with Gasteiger partial charge >= 0.3 is 5.97 Å². The number of benzene rings is 1. The number of hydrogen-bond donors (Lipinski definition) is 2. The third-order valence-electron chi connectivity index (χ3n) is 3.94. The van der Waals surface area contributed by atoms with Crippen LogP contribution in [0.25, 0.3) is 10.2 Å². The lowest BCUT2D eigenvalue weighted by Gasteiger charge is -2.26. The zero-order valence-electron chi connectivity index (χ0n) is 11.4. The predicted octanol–water partition coefficient (Wildman–Crippen LogP) is 3.13. The van der Waals surface area contributed by atoms with Crippen LogP contribution in [0.3, 0.4) is 0 Å². The van der Waals surface area contributed by atoms with Gasteiger partial charge in [-0.15, -0.1) is 0 Å². The van der Waals surface area contributed by atoms with E-state index in [1.165, 1.54) is 11.3 Å². The van der Waals surface area contributed by atoms with Crippen LogP contribution in [0.5, 0.6) is 0 Å². The summed E-state index contributed by atoms with van der Waals surface area (Å²) in [6.45, 7) is 0. The molecule has 0 spiro atoms. The van der Waals surface area contributed by atoms with Gasteiger partial charge in [0, 0.05) is 0 Å². The minimum Gasteiger partial charge on any atom is -0.481 e. The van der Waals surface area contributed by atoms with E-state index in [0.717, 1.165) is 23.1 Å². The Labute approximate surface area is 126 Å². The van der Waals surface area contributed by atoms with Crippen molar-refractivity contribution in [3.8, 4) is 0 Å². The number of amides is 1. The van der Waals surface area contributed by atoms with E-state index in [4.69, 9.17) is 0 Å². The van der Waals surface area contributed by atoms with Crippen molar-refractivity contribution in [3.63, 3.8) is 0 Å². The quantitative estimate of drug-likeness (QED) is 0.913. The summed E-state index contributed by atoms with van der Waals surface area (Å²) in [5.41, 5.74) is 0.844. The van der Waals surface area contributed by atoms with Gasteiger partial charge in [0.2, 0.25) is 5.91 Å². The number of anilines is 1. The van der Waals surface area contributed by atoms with Gasteiger partial charge in [-0.3, -0.25) is 9.59 Å². The van der Waals surface area contributed by atoms with Crippen LogP contribution >= 0.6 is 11.3 Å². The number of carbonyl (C=O) groups is 2. The van der Waals surface area contributed by atoms with Gasteiger partial charge in [0.15, 0.2) is 5.13 Å². The summed E-state index contributed by atoms with van der Waals surface area (Å²) in [5, 5.41) is 12.6. The molecule has 5 nitrogen and oxygen atoms in total. The second-order valence-corrected chi connectivity index (χ2v) is 6.34. The number of carbonyl (C=O) groups excluding carboxylic acids is 1. The molecule has 6 heteroatoms. The molecule has 1 aromatic heterocycles. The highest BCUT2D eigenvalue weighted by Crippen LogP contribution is 2.32. The molecule has 2 atom stereocenters. The summed E-state index contributed by atoms with van der Waals surface area (Å²) in [5.74, 6) is -2.13. The lowest BCUT2D eigenvalue weighted by molar-refractivity contribution is -0.147.